The van der Waals surface area contributed by atoms with Gasteiger partial charge in [0.15, 0.2) is 0 Å². The molecule has 0 aliphatic heterocycles. The monoisotopic (exact) mass is 204 g/mol. The third kappa shape index (κ3) is 1.50. The number of carbonyl (C=O) groups excluding carboxylic acids is 1. The third-order valence-electron chi connectivity index (χ3n) is 2.61. The Hall–Kier alpha value is -1.77. The molecule has 0 bridgehead atoms. The second-order valence-electron chi connectivity index (χ2n) is 3.66. The van der Waals surface area contributed by atoms with E-state index in [0.29, 0.717) is 12.0 Å². The number of esters is 1. The first-order chi connectivity index (χ1) is 7.13. The van der Waals surface area contributed by atoms with Crippen LogP contribution in [0.1, 0.15) is 16.7 Å². The molecule has 1 N–H and O–H groups in total. The van der Waals surface area contributed by atoms with Crippen LogP contribution in [-0.2, 0) is 16.0 Å². The first-order valence-electron chi connectivity index (χ1n) is 4.74. The van der Waals surface area contributed by atoms with Gasteiger partial charge in [0.05, 0.1) is 12.7 Å². The Bertz CT molecular complexity index is 458. The summed E-state index contributed by atoms with van der Waals surface area (Å²) in [5, 5.41) is 9.85. The maximum Gasteiger partial charge on any atom is 0.337 e. The molecule has 1 aromatic carbocycles. The summed E-state index contributed by atoms with van der Waals surface area (Å²) in [5.41, 5.74) is 3.12. The molecule has 3 nitrogen and oxygen atoms in total. The number of fused-ring (bicyclic) bond motifs is 1. The van der Waals surface area contributed by atoms with E-state index in [2.05, 4.69) is 4.74 Å². The average Bonchev–Trinajstić information content (AvgIpc) is 2.55. The van der Waals surface area contributed by atoms with Crippen LogP contribution in [0.2, 0.25) is 0 Å². The molecule has 0 aromatic heterocycles. The number of aryl methyl sites for hydroxylation is 1. The summed E-state index contributed by atoms with van der Waals surface area (Å²) in [6, 6.07) is 5.77. The van der Waals surface area contributed by atoms with Crippen LogP contribution in [0.5, 0.6) is 0 Å². The summed E-state index contributed by atoms with van der Waals surface area (Å²) >= 11 is 0. The SMILES string of the molecule is COC(=O)C1=C(O)c2cc(C)ccc2C1. The fourth-order valence-electron chi connectivity index (χ4n) is 1.79. The van der Waals surface area contributed by atoms with Gasteiger partial charge in [-0.25, -0.2) is 4.79 Å². The highest BCUT2D eigenvalue weighted by molar-refractivity contribution is 5.99. The zero-order valence-corrected chi connectivity index (χ0v) is 8.70. The van der Waals surface area contributed by atoms with E-state index in [1.165, 1.54) is 7.11 Å². The number of ether oxygens (including phenoxy) is 1. The van der Waals surface area contributed by atoms with Crippen LogP contribution in [-0.4, -0.2) is 18.2 Å². The number of carbonyl (C=O) groups is 1. The van der Waals surface area contributed by atoms with Crippen LogP contribution in [0.25, 0.3) is 5.76 Å². The van der Waals surface area contributed by atoms with Crippen LogP contribution < -0.4 is 0 Å². The van der Waals surface area contributed by atoms with Gasteiger partial charge in [0.25, 0.3) is 0 Å². The van der Waals surface area contributed by atoms with E-state index in [0.717, 1.165) is 16.7 Å². The number of hydrogen-bond donors (Lipinski definition) is 1. The molecular formula is C12H12O3. The van der Waals surface area contributed by atoms with Gasteiger partial charge in [0.1, 0.15) is 5.76 Å². The fraction of sp³-hybridized carbons (Fsp3) is 0.250. The van der Waals surface area contributed by atoms with E-state index >= 15 is 0 Å². The van der Waals surface area contributed by atoms with Crippen molar-refractivity contribution in [3.63, 3.8) is 0 Å². The van der Waals surface area contributed by atoms with Crippen LogP contribution >= 0.6 is 0 Å². The van der Waals surface area contributed by atoms with E-state index in [1.807, 2.05) is 25.1 Å². The van der Waals surface area contributed by atoms with E-state index < -0.39 is 5.97 Å². The Labute approximate surface area is 88.0 Å². The van der Waals surface area contributed by atoms with E-state index in [4.69, 9.17) is 0 Å². The number of aliphatic hydroxyl groups is 1. The molecule has 0 heterocycles. The molecule has 0 spiro atoms. The first kappa shape index (κ1) is 9.77. The van der Waals surface area contributed by atoms with E-state index in [1.54, 1.807) is 0 Å². The second kappa shape index (κ2) is 3.42. The van der Waals surface area contributed by atoms with Crippen molar-refractivity contribution in [3.05, 3.63) is 40.5 Å². The Morgan fingerprint density at radius 2 is 2.20 bits per heavy atom. The Kier molecular flexibility index (Phi) is 2.23. The van der Waals surface area contributed by atoms with Gasteiger partial charge in [-0.15, -0.1) is 0 Å². The number of hydrogen-bond acceptors (Lipinski definition) is 3. The predicted octanol–water partition coefficient (Wildman–Crippen LogP) is 1.99. The fourth-order valence-corrected chi connectivity index (χ4v) is 1.79. The molecule has 0 saturated carbocycles. The smallest absolute Gasteiger partial charge is 0.337 e. The first-order valence-corrected chi connectivity index (χ1v) is 4.74. The quantitative estimate of drug-likeness (QED) is 0.711. The zero-order chi connectivity index (χ0) is 11.0. The van der Waals surface area contributed by atoms with E-state index in [9.17, 15) is 9.90 Å². The molecule has 0 saturated heterocycles. The Morgan fingerprint density at radius 3 is 2.87 bits per heavy atom. The van der Waals surface area contributed by atoms with Crippen molar-refractivity contribution in [2.75, 3.05) is 7.11 Å². The molecule has 0 unspecified atom stereocenters. The Morgan fingerprint density at radius 1 is 1.47 bits per heavy atom. The van der Waals surface area contributed by atoms with Crippen LogP contribution in [0.4, 0.5) is 0 Å². The van der Waals surface area contributed by atoms with Crippen LogP contribution in [0.3, 0.4) is 0 Å². The topological polar surface area (TPSA) is 46.5 Å². The van der Waals surface area contributed by atoms with Gasteiger partial charge in [-0.05, 0) is 18.6 Å². The minimum Gasteiger partial charge on any atom is -0.507 e. The lowest BCUT2D eigenvalue weighted by molar-refractivity contribution is -0.136. The maximum atomic E-state index is 11.3. The predicted molar refractivity (Wildman–Crippen MR) is 56.4 cm³/mol. The van der Waals surface area contributed by atoms with Crippen molar-refractivity contribution < 1.29 is 14.6 Å². The lowest BCUT2D eigenvalue weighted by atomic mass is 10.1. The largest absolute Gasteiger partial charge is 0.507 e. The average molecular weight is 204 g/mol. The molecule has 3 heteroatoms. The van der Waals surface area contributed by atoms with Gasteiger partial charge >= 0.3 is 5.97 Å². The third-order valence-corrected chi connectivity index (χ3v) is 2.61. The van der Waals surface area contributed by atoms with Gasteiger partial charge in [-0.1, -0.05) is 17.7 Å². The van der Waals surface area contributed by atoms with Gasteiger partial charge < -0.3 is 9.84 Å². The summed E-state index contributed by atoms with van der Waals surface area (Å²) in [4.78, 5) is 11.3. The summed E-state index contributed by atoms with van der Waals surface area (Å²) in [6.45, 7) is 1.95. The minimum atomic E-state index is -0.457. The number of methoxy groups -OCH3 is 1. The molecule has 1 aromatic rings. The minimum absolute atomic E-state index is 0.0561. The normalized spacial score (nSPS) is 14.0. The molecule has 15 heavy (non-hydrogen) atoms. The number of aliphatic hydroxyl groups excluding tert-OH is 1. The molecule has 0 amide bonds. The maximum absolute atomic E-state index is 11.3. The second-order valence-corrected chi connectivity index (χ2v) is 3.66. The number of rotatable bonds is 1. The van der Waals surface area contributed by atoms with Crippen molar-refractivity contribution >= 4 is 11.7 Å². The van der Waals surface area contributed by atoms with Crippen molar-refractivity contribution in [2.24, 2.45) is 0 Å². The lowest BCUT2D eigenvalue weighted by Gasteiger charge is -2.00. The molecule has 1 aliphatic carbocycles. The zero-order valence-electron chi connectivity index (χ0n) is 8.70. The standard InChI is InChI=1S/C12H12O3/c1-7-3-4-8-6-10(12(14)15-2)11(13)9(8)5-7/h3-5,13H,6H2,1-2H3. The highest BCUT2D eigenvalue weighted by Gasteiger charge is 2.26. The lowest BCUT2D eigenvalue weighted by Crippen LogP contribution is -2.05. The van der Waals surface area contributed by atoms with Gasteiger partial charge in [0.2, 0.25) is 0 Å². The Balaban J connectivity index is 2.47. The summed E-state index contributed by atoms with van der Waals surface area (Å²) in [5.74, 6) is -0.401. The molecule has 78 valence electrons. The van der Waals surface area contributed by atoms with Crippen molar-refractivity contribution in [2.45, 2.75) is 13.3 Å². The van der Waals surface area contributed by atoms with Crippen molar-refractivity contribution in [1.82, 2.24) is 0 Å². The van der Waals surface area contributed by atoms with Crippen LogP contribution in [0, 0.1) is 6.92 Å². The molecule has 0 fully saturated rings. The number of benzene rings is 1. The highest BCUT2D eigenvalue weighted by Crippen LogP contribution is 2.32. The molecule has 0 radical (unpaired) electrons. The molecular weight excluding hydrogens is 192 g/mol. The molecule has 1 aliphatic rings. The van der Waals surface area contributed by atoms with E-state index in [-0.39, 0.29) is 5.76 Å². The van der Waals surface area contributed by atoms with Gasteiger partial charge in [-0.2, -0.15) is 0 Å². The highest BCUT2D eigenvalue weighted by atomic mass is 16.5. The summed E-state index contributed by atoms with van der Waals surface area (Å²) in [6.07, 6.45) is 0.453. The van der Waals surface area contributed by atoms with Crippen molar-refractivity contribution in [1.29, 1.82) is 0 Å². The van der Waals surface area contributed by atoms with Crippen LogP contribution in [0.15, 0.2) is 23.8 Å². The van der Waals surface area contributed by atoms with Crippen molar-refractivity contribution in [3.8, 4) is 0 Å². The molecule has 2 rings (SSSR count). The van der Waals surface area contributed by atoms with Gasteiger partial charge in [0, 0.05) is 12.0 Å². The summed E-state index contributed by atoms with van der Waals surface area (Å²) < 4.78 is 4.61. The molecule has 0 atom stereocenters. The summed E-state index contributed by atoms with van der Waals surface area (Å²) in [7, 11) is 1.32. The van der Waals surface area contributed by atoms with Gasteiger partial charge in [-0.3, -0.25) is 0 Å².